The Bertz CT molecular complexity index is 812. The summed E-state index contributed by atoms with van der Waals surface area (Å²) < 4.78 is 5.24. The molecule has 1 atom stereocenters. The van der Waals surface area contributed by atoms with Gasteiger partial charge in [0, 0.05) is 24.2 Å². The molecule has 8 heteroatoms. The van der Waals surface area contributed by atoms with E-state index < -0.39 is 17.6 Å². The highest BCUT2D eigenvalue weighted by Crippen LogP contribution is 2.29. The van der Waals surface area contributed by atoms with Crippen LogP contribution in [0.15, 0.2) is 18.2 Å². The number of nitrogens with one attached hydrogen (secondary N) is 2. The molecule has 1 aromatic carbocycles. The lowest BCUT2D eigenvalue weighted by Gasteiger charge is -2.29. The van der Waals surface area contributed by atoms with Crippen molar-refractivity contribution >= 4 is 29.4 Å². The summed E-state index contributed by atoms with van der Waals surface area (Å²) in [4.78, 5) is 49.4. The van der Waals surface area contributed by atoms with E-state index in [1.165, 1.54) is 4.90 Å². The summed E-state index contributed by atoms with van der Waals surface area (Å²) in [5.74, 6) is -1.38. The highest BCUT2D eigenvalue weighted by atomic mass is 16.6. The van der Waals surface area contributed by atoms with Crippen LogP contribution in [-0.2, 0) is 25.7 Å². The van der Waals surface area contributed by atoms with E-state index in [-0.39, 0.29) is 30.7 Å². The van der Waals surface area contributed by atoms with Crippen LogP contribution < -0.4 is 10.6 Å². The van der Waals surface area contributed by atoms with Gasteiger partial charge >= 0.3 is 5.97 Å². The molecule has 3 rings (SSSR count). The van der Waals surface area contributed by atoms with Gasteiger partial charge in [0.15, 0.2) is 0 Å². The summed E-state index contributed by atoms with van der Waals surface area (Å²) in [5, 5.41) is 5.24. The SMILES string of the molecule is CC(C)(C)OC(=O)CNc1ccc2c(c1)C(=O)N(C1CCC(=O)NC1=O)C2. The van der Waals surface area contributed by atoms with Crippen molar-refractivity contribution in [2.45, 2.75) is 51.8 Å². The molecule has 3 amide bonds. The molecular formula is C19H23N3O5. The second-order valence-electron chi connectivity index (χ2n) is 7.71. The minimum absolute atomic E-state index is 0.0128. The number of nitrogens with zero attached hydrogens (tertiary/aromatic N) is 1. The van der Waals surface area contributed by atoms with Gasteiger partial charge in [-0.25, -0.2) is 0 Å². The summed E-state index contributed by atoms with van der Waals surface area (Å²) >= 11 is 0. The quantitative estimate of drug-likeness (QED) is 0.607. The van der Waals surface area contributed by atoms with E-state index in [1.807, 2.05) is 0 Å². The number of amides is 3. The van der Waals surface area contributed by atoms with E-state index in [0.717, 1.165) is 5.56 Å². The Kier molecular flexibility index (Phi) is 4.91. The molecule has 1 fully saturated rings. The molecule has 0 aliphatic carbocycles. The van der Waals surface area contributed by atoms with Gasteiger partial charge in [0.2, 0.25) is 11.8 Å². The number of ether oxygens (including phenoxy) is 1. The maximum atomic E-state index is 12.7. The Morgan fingerprint density at radius 1 is 1.30 bits per heavy atom. The van der Waals surface area contributed by atoms with Gasteiger partial charge in [-0.15, -0.1) is 0 Å². The molecule has 2 aliphatic heterocycles. The standard InChI is InChI=1S/C19H23N3O5/c1-19(2,3)27-16(24)9-20-12-5-4-11-10-22(18(26)13(11)8-12)14-6-7-15(23)21-17(14)25/h4-5,8,14,20H,6-7,9-10H2,1-3H3,(H,21,23,25). The van der Waals surface area contributed by atoms with Gasteiger partial charge < -0.3 is 15.0 Å². The molecule has 0 saturated carbocycles. The van der Waals surface area contributed by atoms with Gasteiger partial charge in [0.25, 0.3) is 5.91 Å². The number of hydrogen-bond acceptors (Lipinski definition) is 6. The lowest BCUT2D eigenvalue weighted by molar-refractivity contribution is -0.152. The molecule has 27 heavy (non-hydrogen) atoms. The van der Waals surface area contributed by atoms with Crippen LogP contribution in [0, 0.1) is 0 Å². The minimum atomic E-state index is -0.638. The number of imide groups is 1. The Morgan fingerprint density at radius 3 is 2.70 bits per heavy atom. The summed E-state index contributed by atoms with van der Waals surface area (Å²) in [6, 6.07) is 4.62. The lowest BCUT2D eigenvalue weighted by Crippen LogP contribution is -2.52. The van der Waals surface area contributed by atoms with Crippen molar-refractivity contribution in [3.8, 4) is 0 Å². The molecule has 2 aliphatic rings. The maximum absolute atomic E-state index is 12.7. The third kappa shape index (κ3) is 4.27. The van der Waals surface area contributed by atoms with Crippen LogP contribution in [0.3, 0.4) is 0 Å². The fourth-order valence-corrected chi connectivity index (χ4v) is 3.22. The first-order valence-electron chi connectivity index (χ1n) is 8.87. The predicted molar refractivity (Wildman–Crippen MR) is 96.8 cm³/mol. The normalized spacial score (nSPS) is 19.6. The summed E-state index contributed by atoms with van der Waals surface area (Å²) in [6.45, 7) is 5.70. The molecule has 8 nitrogen and oxygen atoms in total. The first kappa shape index (κ1) is 18.9. The van der Waals surface area contributed by atoms with Crippen molar-refractivity contribution in [2.24, 2.45) is 0 Å². The molecule has 1 unspecified atom stereocenters. The number of fused-ring (bicyclic) bond motifs is 1. The van der Waals surface area contributed by atoms with E-state index in [9.17, 15) is 19.2 Å². The fourth-order valence-electron chi connectivity index (χ4n) is 3.22. The maximum Gasteiger partial charge on any atom is 0.325 e. The average Bonchev–Trinajstić information content (AvgIpc) is 2.88. The first-order valence-corrected chi connectivity index (χ1v) is 8.87. The zero-order valence-corrected chi connectivity index (χ0v) is 15.6. The Morgan fingerprint density at radius 2 is 2.04 bits per heavy atom. The van der Waals surface area contributed by atoms with E-state index in [1.54, 1.807) is 39.0 Å². The molecule has 0 spiro atoms. The fraction of sp³-hybridized carbons (Fsp3) is 0.474. The Balaban J connectivity index is 1.67. The van der Waals surface area contributed by atoms with Crippen LogP contribution in [-0.4, -0.2) is 46.8 Å². The zero-order chi connectivity index (χ0) is 19.8. The molecule has 0 aromatic heterocycles. The minimum Gasteiger partial charge on any atom is -0.459 e. The highest BCUT2D eigenvalue weighted by Gasteiger charge is 2.39. The number of piperidine rings is 1. The number of carbonyl (C=O) groups is 4. The first-order chi connectivity index (χ1) is 12.6. The third-order valence-electron chi connectivity index (χ3n) is 4.39. The van der Waals surface area contributed by atoms with Gasteiger partial charge in [-0.3, -0.25) is 24.5 Å². The molecule has 1 aromatic rings. The number of benzene rings is 1. The van der Waals surface area contributed by atoms with Crippen LogP contribution in [0.1, 0.15) is 49.5 Å². The van der Waals surface area contributed by atoms with Crippen molar-refractivity contribution in [3.05, 3.63) is 29.3 Å². The van der Waals surface area contributed by atoms with Crippen molar-refractivity contribution in [2.75, 3.05) is 11.9 Å². The molecular weight excluding hydrogens is 350 g/mol. The average molecular weight is 373 g/mol. The summed E-state index contributed by atoms with van der Waals surface area (Å²) in [6.07, 6.45) is 0.549. The topological polar surface area (TPSA) is 105 Å². The Hall–Kier alpha value is -2.90. The summed E-state index contributed by atoms with van der Waals surface area (Å²) in [5.41, 5.74) is 1.37. The number of rotatable bonds is 4. The third-order valence-corrected chi connectivity index (χ3v) is 4.39. The predicted octanol–water partition coefficient (Wildman–Crippen LogP) is 1.20. The monoisotopic (exact) mass is 373 g/mol. The lowest BCUT2D eigenvalue weighted by atomic mass is 10.0. The van der Waals surface area contributed by atoms with Gasteiger partial charge in [0.05, 0.1) is 0 Å². The second kappa shape index (κ2) is 7.02. The molecule has 0 bridgehead atoms. The van der Waals surface area contributed by atoms with Gasteiger partial charge in [-0.1, -0.05) is 6.07 Å². The van der Waals surface area contributed by atoms with Crippen LogP contribution in [0.25, 0.3) is 0 Å². The molecule has 2 N–H and O–H groups in total. The van der Waals surface area contributed by atoms with Crippen molar-refractivity contribution in [3.63, 3.8) is 0 Å². The number of anilines is 1. The smallest absolute Gasteiger partial charge is 0.325 e. The largest absolute Gasteiger partial charge is 0.459 e. The van der Waals surface area contributed by atoms with Crippen molar-refractivity contribution in [1.82, 2.24) is 10.2 Å². The van der Waals surface area contributed by atoms with Crippen LogP contribution in [0.5, 0.6) is 0 Å². The molecule has 1 saturated heterocycles. The van der Waals surface area contributed by atoms with Crippen LogP contribution >= 0.6 is 0 Å². The van der Waals surface area contributed by atoms with E-state index in [2.05, 4.69) is 10.6 Å². The van der Waals surface area contributed by atoms with Gasteiger partial charge in [0.1, 0.15) is 18.2 Å². The Labute approximate surface area is 157 Å². The van der Waals surface area contributed by atoms with Gasteiger partial charge in [-0.2, -0.15) is 0 Å². The van der Waals surface area contributed by atoms with E-state index in [0.29, 0.717) is 24.2 Å². The number of carbonyl (C=O) groups excluding carboxylic acids is 4. The highest BCUT2D eigenvalue weighted by molar-refractivity contribution is 6.05. The number of hydrogen-bond donors (Lipinski definition) is 2. The van der Waals surface area contributed by atoms with E-state index in [4.69, 9.17) is 4.74 Å². The van der Waals surface area contributed by atoms with E-state index >= 15 is 0 Å². The second-order valence-corrected chi connectivity index (χ2v) is 7.71. The number of esters is 1. The zero-order valence-electron chi connectivity index (χ0n) is 15.6. The summed E-state index contributed by atoms with van der Waals surface area (Å²) in [7, 11) is 0. The van der Waals surface area contributed by atoms with Crippen molar-refractivity contribution < 1.29 is 23.9 Å². The molecule has 144 valence electrons. The van der Waals surface area contributed by atoms with Gasteiger partial charge in [-0.05, 0) is 44.9 Å². The van der Waals surface area contributed by atoms with Crippen LogP contribution in [0.2, 0.25) is 0 Å². The molecule has 0 radical (unpaired) electrons. The van der Waals surface area contributed by atoms with Crippen molar-refractivity contribution in [1.29, 1.82) is 0 Å². The molecule has 2 heterocycles. The van der Waals surface area contributed by atoms with Crippen LogP contribution in [0.4, 0.5) is 5.69 Å².